The van der Waals surface area contributed by atoms with Gasteiger partial charge in [0.2, 0.25) is 0 Å². The van der Waals surface area contributed by atoms with Gasteiger partial charge in [-0.25, -0.2) is 9.59 Å². The van der Waals surface area contributed by atoms with Crippen molar-refractivity contribution in [3.05, 3.63) is 151 Å². The Labute approximate surface area is 453 Å². The molecule has 12 heteroatoms. The van der Waals surface area contributed by atoms with Crippen LogP contribution in [0.5, 0.6) is 11.5 Å². The normalized spacial score (nSPS) is 16.2. The van der Waals surface area contributed by atoms with Crippen LogP contribution in [-0.4, -0.2) is 57.7 Å². The number of benzene rings is 4. The van der Waals surface area contributed by atoms with Gasteiger partial charge in [-0.05, 0) is 222 Å². The van der Waals surface area contributed by atoms with Crippen molar-refractivity contribution in [2.45, 2.75) is 156 Å². The summed E-state index contributed by atoms with van der Waals surface area (Å²) in [5, 5.41) is 10.4. The van der Waals surface area contributed by atoms with Gasteiger partial charge in [0.25, 0.3) is 11.1 Å². The predicted molar refractivity (Wildman–Crippen MR) is 302 cm³/mol. The lowest BCUT2D eigenvalue weighted by molar-refractivity contribution is -0.164. The van der Waals surface area contributed by atoms with Crippen molar-refractivity contribution in [2.24, 2.45) is 11.8 Å². The maximum Gasteiger partial charge on any atom is 0.339 e. The number of hydrogen-bond acceptors (Lipinski definition) is 9. The number of methoxy groups -OCH3 is 1. The van der Waals surface area contributed by atoms with E-state index in [9.17, 15) is 24.3 Å². The Morgan fingerprint density at radius 2 is 1.00 bits per heavy atom. The van der Waals surface area contributed by atoms with Gasteiger partial charge in [0.1, 0.15) is 11.5 Å². The van der Waals surface area contributed by atoms with Crippen molar-refractivity contribution in [1.29, 1.82) is 0 Å². The molecule has 4 heterocycles. The minimum atomic E-state index is -1.15. The van der Waals surface area contributed by atoms with E-state index in [-0.39, 0.29) is 11.1 Å². The van der Waals surface area contributed by atoms with Crippen molar-refractivity contribution in [1.82, 2.24) is 9.13 Å². The molecule has 2 aromatic heterocycles. The van der Waals surface area contributed by atoms with Crippen molar-refractivity contribution in [2.75, 3.05) is 20.3 Å². The molecule has 12 nitrogen and oxygen atoms in total. The van der Waals surface area contributed by atoms with E-state index in [1.807, 2.05) is 125 Å². The summed E-state index contributed by atoms with van der Waals surface area (Å²) < 4.78 is 33.2. The van der Waals surface area contributed by atoms with Gasteiger partial charge < -0.3 is 37.9 Å². The van der Waals surface area contributed by atoms with E-state index in [4.69, 9.17) is 23.7 Å². The number of carbonyl (C=O) groups is 2. The van der Waals surface area contributed by atoms with Crippen LogP contribution in [0.25, 0.3) is 44.5 Å². The van der Waals surface area contributed by atoms with Crippen LogP contribution >= 0.6 is 0 Å². The Bertz CT molecular complexity index is 3270. The Morgan fingerprint density at radius 1 is 0.584 bits per heavy atom. The summed E-state index contributed by atoms with van der Waals surface area (Å²) in [7, 11) is 1.40. The highest BCUT2D eigenvalue weighted by Crippen LogP contribution is 2.46. The van der Waals surface area contributed by atoms with Crippen molar-refractivity contribution in [3.63, 3.8) is 0 Å². The third-order valence-electron chi connectivity index (χ3n) is 15.4. The number of nitrogens with zero attached hydrogens (tertiary/aromatic N) is 2. The largest absolute Gasteiger partial charge is 0.493 e. The fraction of sp³-hybridized carbons (Fsp3) is 0.446. The predicted octanol–water partition coefficient (Wildman–Crippen LogP) is 13.2. The molecule has 0 saturated heterocycles. The highest BCUT2D eigenvalue weighted by atomic mass is 16.6. The van der Waals surface area contributed by atoms with E-state index in [0.29, 0.717) is 30.6 Å². The molecule has 2 unspecified atom stereocenters. The van der Waals surface area contributed by atoms with Gasteiger partial charge in [0, 0.05) is 48.7 Å². The van der Waals surface area contributed by atoms with Crippen LogP contribution in [0, 0.1) is 25.7 Å². The number of rotatable bonds is 14. The second-order valence-electron chi connectivity index (χ2n) is 23.5. The molecule has 2 aliphatic heterocycles. The highest BCUT2D eigenvalue weighted by Gasteiger charge is 2.35. The molecule has 1 N–H and O–H groups in total. The van der Waals surface area contributed by atoms with Gasteiger partial charge >= 0.3 is 11.9 Å². The molecule has 2 saturated carbocycles. The number of fused-ring (bicyclic) bond motifs is 2. The number of pyridine rings is 2. The van der Waals surface area contributed by atoms with Crippen LogP contribution in [0.1, 0.15) is 138 Å². The minimum absolute atomic E-state index is 0.00830. The molecular weight excluding hydrogens is 969 g/mol. The second-order valence-corrected chi connectivity index (χ2v) is 23.5. The quantitative estimate of drug-likeness (QED) is 0.105. The smallest absolute Gasteiger partial charge is 0.339 e. The Kier molecular flexibility index (Phi) is 16.5. The molecule has 2 fully saturated rings. The third-order valence-corrected chi connectivity index (χ3v) is 15.4. The van der Waals surface area contributed by atoms with Gasteiger partial charge in [-0.1, -0.05) is 49.2 Å². The van der Waals surface area contributed by atoms with Crippen LogP contribution in [0.4, 0.5) is 0 Å². The molecule has 0 bridgehead atoms. The van der Waals surface area contributed by atoms with E-state index in [0.717, 1.165) is 136 Å². The van der Waals surface area contributed by atoms with E-state index in [2.05, 4.69) is 24.3 Å². The maximum atomic E-state index is 13.3. The Balaban J connectivity index is 0.000000188. The molecule has 10 rings (SSSR count). The molecule has 77 heavy (non-hydrogen) atoms. The first-order valence-electron chi connectivity index (χ1n) is 27.6. The third kappa shape index (κ3) is 12.7. The molecular formula is C65H76N2O10. The van der Waals surface area contributed by atoms with Crippen molar-refractivity contribution >= 4 is 11.9 Å². The maximum absolute atomic E-state index is 13.3. The number of aliphatic carboxylic acids is 1. The molecule has 0 radical (unpaired) electrons. The molecule has 406 valence electrons. The summed E-state index contributed by atoms with van der Waals surface area (Å²) in [5.74, 6) is 1.40. The van der Waals surface area contributed by atoms with Crippen LogP contribution in [0.2, 0.25) is 0 Å². The first-order valence-corrected chi connectivity index (χ1v) is 27.6. The lowest BCUT2D eigenvalue weighted by atomic mass is 9.84. The lowest BCUT2D eigenvalue weighted by Crippen LogP contribution is -2.29. The highest BCUT2D eigenvalue weighted by molar-refractivity contribution is 5.92. The van der Waals surface area contributed by atoms with E-state index in [1.165, 1.54) is 32.8 Å². The number of carboxylic acids is 1. The van der Waals surface area contributed by atoms with Crippen LogP contribution in [-0.2, 0) is 49.7 Å². The molecule has 2 atom stereocenters. The number of carboxylic acid groups (broad SMARTS) is 1. The summed E-state index contributed by atoms with van der Waals surface area (Å²) >= 11 is 0. The van der Waals surface area contributed by atoms with Gasteiger partial charge in [0.05, 0.1) is 31.5 Å². The fourth-order valence-electron chi connectivity index (χ4n) is 11.1. The van der Waals surface area contributed by atoms with Crippen LogP contribution in [0.3, 0.4) is 0 Å². The van der Waals surface area contributed by atoms with Crippen molar-refractivity contribution < 1.29 is 38.4 Å². The average Bonchev–Trinajstić information content (AvgIpc) is 3.41. The van der Waals surface area contributed by atoms with Gasteiger partial charge in [-0.3, -0.25) is 9.59 Å². The Hall–Kier alpha value is -6.76. The zero-order valence-corrected chi connectivity index (χ0v) is 46.5. The lowest BCUT2D eigenvalue weighted by Gasteiger charge is -2.30. The van der Waals surface area contributed by atoms with E-state index < -0.39 is 35.3 Å². The SMILES string of the molecule is COC(=O)C(OC(C)(C)C)c1c(C)ccc(-c2ccc(=O)n(CC3CCC3)c2)c1-c1ccc2c(c1)CCCO2.Cc1ccc(-c2ccc(=O)n(CC3CCC3)c2)c(-c2ccc3c(c2)CCCO3)c1C(OC(C)(C)C)C(=O)O. The number of aromatic nitrogens is 2. The number of ether oxygens (including phenoxy) is 5. The summed E-state index contributed by atoms with van der Waals surface area (Å²) in [5.41, 5.74) is 11.5. The van der Waals surface area contributed by atoms with Gasteiger partial charge in [0.15, 0.2) is 12.2 Å². The summed E-state index contributed by atoms with van der Waals surface area (Å²) in [6, 6.07) is 27.5. The topological polar surface area (TPSA) is 145 Å². The minimum Gasteiger partial charge on any atom is -0.493 e. The zero-order chi connectivity index (χ0) is 54.8. The Morgan fingerprint density at radius 3 is 1.39 bits per heavy atom. The van der Waals surface area contributed by atoms with Crippen molar-refractivity contribution in [3.8, 4) is 56.0 Å². The molecule has 0 spiro atoms. The molecule has 0 amide bonds. The summed E-state index contributed by atoms with van der Waals surface area (Å²) in [4.78, 5) is 51.4. The molecule has 6 aromatic rings. The van der Waals surface area contributed by atoms with E-state index in [1.54, 1.807) is 12.1 Å². The van der Waals surface area contributed by atoms with E-state index >= 15 is 0 Å². The first kappa shape index (κ1) is 55.0. The zero-order valence-electron chi connectivity index (χ0n) is 46.5. The number of esters is 1. The molecule has 4 aliphatic rings. The van der Waals surface area contributed by atoms with Gasteiger partial charge in [-0.15, -0.1) is 0 Å². The molecule has 4 aromatic carbocycles. The number of hydrogen-bond donors (Lipinski definition) is 1. The van der Waals surface area contributed by atoms with Gasteiger partial charge in [-0.2, -0.15) is 0 Å². The summed E-state index contributed by atoms with van der Waals surface area (Å²) in [6.45, 7) is 18.2. The monoisotopic (exact) mass is 1040 g/mol. The standard InChI is InChI=1S/C33H39NO5.C32H37NO5/c1-21-11-14-26(25-13-16-28(35)34(20-25)19-22-8-6-9-22)30(24-12-15-27-23(18-24)10-7-17-38-27)29(21)31(32(36)37-5)39-33(2,3)4;1-20-10-13-25(24-12-15-27(34)33(19-24)18-21-7-5-8-21)29(28(20)30(31(35)36)38-32(2,3)4)23-11-14-26-22(17-23)9-6-16-37-26/h11-16,18,20,22,31H,6-10,17,19H2,1-5H3;10-15,17,19,21,30H,5-9,16,18H2,1-4H3,(H,35,36). The summed E-state index contributed by atoms with van der Waals surface area (Å²) in [6.07, 6.45) is 12.7. The van der Waals surface area contributed by atoms with Crippen LogP contribution < -0.4 is 20.6 Å². The average molecular weight is 1050 g/mol. The second kappa shape index (κ2) is 23.1. The fourth-order valence-corrected chi connectivity index (χ4v) is 11.1. The number of aryl methyl sites for hydroxylation is 4. The molecule has 2 aliphatic carbocycles. The van der Waals surface area contributed by atoms with Crippen LogP contribution in [0.15, 0.2) is 107 Å². The first-order chi connectivity index (χ1) is 36.7. The number of carbonyl (C=O) groups excluding carboxylic acids is 1.